The van der Waals surface area contributed by atoms with Crippen LogP contribution >= 0.6 is 0 Å². The molecule has 0 bridgehead atoms. The van der Waals surface area contributed by atoms with Crippen LogP contribution in [0.5, 0.6) is 5.88 Å². The van der Waals surface area contributed by atoms with Crippen molar-refractivity contribution in [2.24, 2.45) is 0 Å². The molecule has 1 fully saturated rings. The summed E-state index contributed by atoms with van der Waals surface area (Å²) in [6.07, 6.45) is 1.97. The summed E-state index contributed by atoms with van der Waals surface area (Å²) < 4.78 is 9.58. The van der Waals surface area contributed by atoms with Crippen LogP contribution in [0.3, 0.4) is 0 Å². The minimum atomic E-state index is -1.09. The molecule has 2 rings (SSSR count). The third kappa shape index (κ3) is 1.26. The molecule has 0 aromatic carbocycles. The fraction of sp³-hybridized carbons (Fsp3) is 0.500. The summed E-state index contributed by atoms with van der Waals surface area (Å²) in [6.45, 7) is 0. The molecule has 0 aliphatic heterocycles. The molecule has 1 saturated carbocycles. The Hall–Kier alpha value is -1.52. The maximum absolute atomic E-state index is 10.7. The highest BCUT2D eigenvalue weighted by molar-refractivity contribution is 5.87. The van der Waals surface area contributed by atoms with Crippen LogP contribution in [0.1, 0.15) is 34.9 Å². The summed E-state index contributed by atoms with van der Waals surface area (Å²) >= 11 is 0. The molecule has 0 atom stereocenters. The molecule has 0 spiro atoms. The molecule has 1 N–H and O–H groups in total. The zero-order chi connectivity index (χ0) is 9.42. The first-order valence-corrected chi connectivity index (χ1v) is 4.01. The van der Waals surface area contributed by atoms with Crippen molar-refractivity contribution >= 4 is 5.97 Å². The average Bonchev–Trinajstić information content (AvgIpc) is 2.84. The maximum Gasteiger partial charge on any atom is 0.375 e. The van der Waals surface area contributed by atoms with E-state index < -0.39 is 5.97 Å². The van der Waals surface area contributed by atoms with Gasteiger partial charge >= 0.3 is 5.97 Å². The summed E-state index contributed by atoms with van der Waals surface area (Å²) in [5.74, 6) is -0.607. The molecule has 70 valence electrons. The molecule has 1 aromatic heterocycles. The van der Waals surface area contributed by atoms with Gasteiger partial charge in [-0.25, -0.2) is 4.79 Å². The second kappa shape index (κ2) is 2.76. The molecule has 1 aliphatic rings. The van der Waals surface area contributed by atoms with Gasteiger partial charge in [-0.3, -0.25) is 0 Å². The van der Waals surface area contributed by atoms with Crippen molar-refractivity contribution in [3.05, 3.63) is 11.3 Å². The predicted molar refractivity (Wildman–Crippen MR) is 42.0 cm³/mol. The second-order valence-electron chi connectivity index (χ2n) is 3.01. The lowest BCUT2D eigenvalue weighted by atomic mass is 10.1. The van der Waals surface area contributed by atoms with Crippen molar-refractivity contribution < 1.29 is 19.2 Å². The Labute approximate surface area is 74.3 Å². The monoisotopic (exact) mass is 183 g/mol. The Balaban J connectivity index is 2.44. The normalized spacial score (nSPS) is 15.8. The van der Waals surface area contributed by atoms with E-state index in [0.717, 1.165) is 12.8 Å². The zero-order valence-corrected chi connectivity index (χ0v) is 7.11. The van der Waals surface area contributed by atoms with E-state index in [-0.39, 0.29) is 11.7 Å². The van der Waals surface area contributed by atoms with Gasteiger partial charge < -0.3 is 14.4 Å². The first kappa shape index (κ1) is 8.10. The van der Waals surface area contributed by atoms with Gasteiger partial charge in [-0.05, 0) is 23.9 Å². The molecule has 1 heterocycles. The van der Waals surface area contributed by atoms with Gasteiger partial charge in [0.25, 0.3) is 11.6 Å². The van der Waals surface area contributed by atoms with Crippen molar-refractivity contribution in [1.82, 2.24) is 5.16 Å². The van der Waals surface area contributed by atoms with Crippen LogP contribution in [-0.2, 0) is 0 Å². The van der Waals surface area contributed by atoms with E-state index in [1.807, 2.05) is 0 Å². The number of carboxylic acid groups (broad SMARTS) is 1. The number of hydrogen-bond acceptors (Lipinski definition) is 4. The molecule has 1 aromatic rings. The van der Waals surface area contributed by atoms with Gasteiger partial charge in [0.1, 0.15) is 0 Å². The molecular weight excluding hydrogens is 174 g/mol. The summed E-state index contributed by atoms with van der Waals surface area (Å²) in [5, 5.41) is 12.3. The van der Waals surface area contributed by atoms with E-state index in [1.165, 1.54) is 7.11 Å². The number of aromatic nitrogens is 1. The minimum absolute atomic E-state index is 0.0839. The van der Waals surface area contributed by atoms with Crippen molar-refractivity contribution in [3.8, 4) is 5.88 Å². The first-order chi connectivity index (χ1) is 6.24. The zero-order valence-electron chi connectivity index (χ0n) is 7.11. The lowest BCUT2D eigenvalue weighted by molar-refractivity contribution is 0.0650. The molecule has 0 amide bonds. The number of aromatic carboxylic acids is 1. The van der Waals surface area contributed by atoms with Gasteiger partial charge in [0.05, 0.1) is 12.7 Å². The van der Waals surface area contributed by atoms with Crippen LogP contribution < -0.4 is 4.74 Å². The Morgan fingerprint density at radius 2 is 2.38 bits per heavy atom. The topological polar surface area (TPSA) is 72.6 Å². The molecule has 1 aliphatic carbocycles. The lowest BCUT2D eigenvalue weighted by Gasteiger charge is -1.96. The van der Waals surface area contributed by atoms with Gasteiger partial charge in [0.2, 0.25) is 0 Å². The summed E-state index contributed by atoms with van der Waals surface area (Å²) in [7, 11) is 1.45. The lowest BCUT2D eigenvalue weighted by Crippen LogP contribution is -1.98. The largest absolute Gasteiger partial charge is 0.479 e. The van der Waals surface area contributed by atoms with Gasteiger partial charge in [0.15, 0.2) is 0 Å². The number of rotatable bonds is 3. The Morgan fingerprint density at radius 1 is 1.69 bits per heavy atom. The van der Waals surface area contributed by atoms with E-state index in [4.69, 9.17) is 9.84 Å². The summed E-state index contributed by atoms with van der Waals surface area (Å²) in [5.41, 5.74) is 0.606. The van der Waals surface area contributed by atoms with E-state index in [2.05, 4.69) is 9.68 Å². The van der Waals surface area contributed by atoms with Crippen LogP contribution in [0.15, 0.2) is 4.52 Å². The number of methoxy groups -OCH3 is 1. The number of carbonyl (C=O) groups is 1. The quantitative estimate of drug-likeness (QED) is 0.763. The molecule has 13 heavy (non-hydrogen) atoms. The van der Waals surface area contributed by atoms with Gasteiger partial charge in [0, 0.05) is 0 Å². The highest BCUT2D eigenvalue weighted by Crippen LogP contribution is 2.45. The van der Waals surface area contributed by atoms with E-state index in [1.54, 1.807) is 0 Å². The highest BCUT2D eigenvalue weighted by atomic mass is 16.5. The fourth-order valence-electron chi connectivity index (χ4n) is 1.32. The first-order valence-electron chi connectivity index (χ1n) is 4.01. The van der Waals surface area contributed by atoms with E-state index >= 15 is 0 Å². The molecule has 0 saturated heterocycles. The van der Waals surface area contributed by atoms with Crippen molar-refractivity contribution in [3.63, 3.8) is 0 Å². The van der Waals surface area contributed by atoms with Crippen molar-refractivity contribution in [1.29, 1.82) is 0 Å². The standard InChI is InChI=1S/C8H9NO4/c1-12-7-5(4-2-3-4)6(8(10)11)13-9-7/h4H,2-3H2,1H3,(H,10,11). The smallest absolute Gasteiger partial charge is 0.375 e. The minimum Gasteiger partial charge on any atom is -0.479 e. The Kier molecular flexibility index (Phi) is 1.72. The summed E-state index contributed by atoms with van der Waals surface area (Å²) in [4.78, 5) is 10.7. The van der Waals surface area contributed by atoms with Crippen molar-refractivity contribution in [2.75, 3.05) is 7.11 Å². The third-order valence-corrected chi connectivity index (χ3v) is 2.07. The van der Waals surface area contributed by atoms with Crippen molar-refractivity contribution in [2.45, 2.75) is 18.8 Å². The Morgan fingerprint density at radius 3 is 2.85 bits per heavy atom. The molecule has 0 unspecified atom stereocenters. The van der Waals surface area contributed by atoms with Crippen LogP contribution in [0.2, 0.25) is 0 Å². The predicted octanol–water partition coefficient (Wildman–Crippen LogP) is 1.26. The van der Waals surface area contributed by atoms with E-state index in [0.29, 0.717) is 11.4 Å². The average molecular weight is 183 g/mol. The number of hydrogen-bond donors (Lipinski definition) is 1. The molecular formula is C8H9NO4. The summed E-state index contributed by atoms with van der Waals surface area (Å²) in [6, 6.07) is 0. The molecule has 5 nitrogen and oxygen atoms in total. The van der Waals surface area contributed by atoms with Gasteiger partial charge in [-0.2, -0.15) is 0 Å². The SMILES string of the molecule is COc1noc(C(=O)O)c1C1CC1. The van der Waals surface area contributed by atoms with Gasteiger partial charge in [-0.1, -0.05) is 0 Å². The van der Waals surface area contributed by atoms with Crippen LogP contribution in [0.4, 0.5) is 0 Å². The second-order valence-corrected chi connectivity index (χ2v) is 3.01. The third-order valence-electron chi connectivity index (χ3n) is 2.07. The van der Waals surface area contributed by atoms with E-state index in [9.17, 15) is 4.79 Å². The van der Waals surface area contributed by atoms with Gasteiger partial charge in [-0.15, -0.1) is 0 Å². The van der Waals surface area contributed by atoms with Crippen LogP contribution in [0, 0.1) is 0 Å². The fourth-order valence-corrected chi connectivity index (χ4v) is 1.32. The Bertz CT molecular complexity index is 340. The van der Waals surface area contributed by atoms with Crippen LogP contribution in [0.25, 0.3) is 0 Å². The molecule has 0 radical (unpaired) electrons. The molecule has 5 heteroatoms. The van der Waals surface area contributed by atoms with Crippen LogP contribution in [-0.4, -0.2) is 23.3 Å². The maximum atomic E-state index is 10.7. The highest BCUT2D eigenvalue weighted by Gasteiger charge is 2.35. The number of nitrogens with zero attached hydrogens (tertiary/aromatic N) is 1. The number of carboxylic acids is 1. The number of ether oxygens (including phenoxy) is 1.